The van der Waals surface area contributed by atoms with Crippen molar-refractivity contribution < 1.29 is 33.3 Å². The van der Waals surface area contributed by atoms with Gasteiger partial charge in [-0.05, 0) is 0 Å². The number of hydrogen-bond donors (Lipinski definition) is 0. The molecule has 2 heterocycles. The van der Waals surface area contributed by atoms with Gasteiger partial charge in [0.15, 0.2) is 18.4 Å². The Kier molecular flexibility index (Phi) is 6.18. The molecule has 2 rings (SSSR count). The predicted octanol–water partition coefficient (Wildman–Crippen LogP) is -2.82. The number of aromatic nitrogens is 3. The Morgan fingerprint density at radius 2 is 1.57 bits per heavy atom. The Hall–Kier alpha value is -3.22. The van der Waals surface area contributed by atoms with Crippen molar-refractivity contribution in [3.63, 3.8) is 0 Å². The van der Waals surface area contributed by atoms with Crippen LogP contribution in [0.2, 0.25) is 0 Å². The van der Waals surface area contributed by atoms with Crippen LogP contribution in [0.3, 0.4) is 0 Å². The van der Waals surface area contributed by atoms with Crippen LogP contribution in [0.25, 0.3) is 0 Å². The highest BCUT2D eigenvalue weighted by molar-refractivity contribution is 5.66. The third-order valence-corrected chi connectivity index (χ3v) is 4.07. The van der Waals surface area contributed by atoms with Gasteiger partial charge in [0, 0.05) is 27.9 Å². The summed E-state index contributed by atoms with van der Waals surface area (Å²) in [7, 11) is 2.29. The van der Waals surface area contributed by atoms with E-state index in [1.54, 1.807) is 0 Å². The first-order valence-electron chi connectivity index (χ1n) is 8.03. The number of esters is 2. The van der Waals surface area contributed by atoms with E-state index in [1.165, 1.54) is 0 Å². The van der Waals surface area contributed by atoms with Gasteiger partial charge in [0.2, 0.25) is 0 Å². The minimum atomic E-state index is -1.53. The van der Waals surface area contributed by atoms with Crippen molar-refractivity contribution in [3.8, 4) is 0 Å². The van der Waals surface area contributed by atoms with Crippen LogP contribution in [-0.2, 0) is 47.4 Å². The molecule has 1 aromatic heterocycles. The fourth-order valence-corrected chi connectivity index (χ4v) is 2.81. The Bertz CT molecular complexity index is 918. The maximum absolute atomic E-state index is 12.5. The van der Waals surface area contributed by atoms with Crippen molar-refractivity contribution in [2.45, 2.75) is 38.4 Å². The summed E-state index contributed by atoms with van der Waals surface area (Å²) in [5.74, 6) is -1.46. The first-order chi connectivity index (χ1) is 13.1. The smallest absolute Gasteiger partial charge is 0.338 e. The van der Waals surface area contributed by atoms with E-state index in [0.717, 1.165) is 27.9 Å². The minimum absolute atomic E-state index is 0.0648. The number of ether oxygens (including phenoxy) is 4. The highest BCUT2D eigenvalue weighted by Crippen LogP contribution is 2.32. The molecule has 28 heavy (non-hydrogen) atoms. The summed E-state index contributed by atoms with van der Waals surface area (Å²) in [5, 5.41) is 0. The van der Waals surface area contributed by atoms with Crippen LogP contribution in [0.15, 0.2) is 14.4 Å². The normalized spacial score (nSPS) is 23.9. The average Bonchev–Trinajstić information content (AvgIpc) is 2.94. The van der Waals surface area contributed by atoms with Crippen LogP contribution in [0, 0.1) is 0 Å². The second-order valence-electron chi connectivity index (χ2n) is 5.97. The molecule has 1 saturated heterocycles. The average molecular weight is 401 g/mol. The summed E-state index contributed by atoms with van der Waals surface area (Å²) in [6, 6.07) is 0. The first kappa shape index (κ1) is 21.1. The molecule has 0 bridgehead atoms. The highest BCUT2D eigenvalue weighted by atomic mass is 16.7. The van der Waals surface area contributed by atoms with Gasteiger partial charge in [-0.3, -0.25) is 14.4 Å². The molecule has 13 heteroatoms. The van der Waals surface area contributed by atoms with Crippen molar-refractivity contribution in [2.24, 2.45) is 14.1 Å². The molecule has 0 unspecified atom stereocenters. The van der Waals surface area contributed by atoms with Gasteiger partial charge in [-0.2, -0.15) is 0 Å². The molecule has 1 aliphatic rings. The van der Waals surface area contributed by atoms with Gasteiger partial charge in [0.25, 0.3) is 6.47 Å². The Morgan fingerprint density at radius 1 is 1.00 bits per heavy atom. The van der Waals surface area contributed by atoms with E-state index in [0.29, 0.717) is 13.7 Å². The third-order valence-electron chi connectivity index (χ3n) is 4.07. The quantitative estimate of drug-likeness (QED) is 0.277. The van der Waals surface area contributed by atoms with Crippen molar-refractivity contribution in [2.75, 3.05) is 6.61 Å². The Balaban J connectivity index is 2.60. The highest BCUT2D eigenvalue weighted by Gasteiger charge is 2.51. The number of hydrogen-bond acceptors (Lipinski definition) is 10. The number of rotatable bonds is 6. The van der Waals surface area contributed by atoms with Crippen LogP contribution >= 0.6 is 0 Å². The lowest BCUT2D eigenvalue weighted by molar-refractivity contribution is -0.161. The summed E-state index contributed by atoms with van der Waals surface area (Å²) < 4.78 is 22.3. The molecule has 0 N–H and O–H groups in total. The minimum Gasteiger partial charge on any atom is -0.463 e. The topological polar surface area (TPSA) is 154 Å². The molecule has 0 amide bonds. The van der Waals surface area contributed by atoms with Gasteiger partial charge in [-0.25, -0.2) is 28.1 Å². The lowest BCUT2D eigenvalue weighted by atomic mass is 10.1. The fraction of sp³-hybridized carbons (Fsp3) is 0.600. The van der Waals surface area contributed by atoms with Gasteiger partial charge >= 0.3 is 29.0 Å². The molecule has 13 nitrogen and oxygen atoms in total. The monoisotopic (exact) mass is 401 g/mol. The van der Waals surface area contributed by atoms with Gasteiger partial charge < -0.3 is 18.9 Å². The maximum Gasteiger partial charge on any atom is 0.338 e. The van der Waals surface area contributed by atoms with E-state index in [4.69, 9.17) is 18.9 Å². The van der Waals surface area contributed by atoms with E-state index in [-0.39, 0.29) is 6.47 Å². The number of carbonyl (C=O) groups excluding carboxylic acids is 3. The molecular formula is C15H19N3O10. The van der Waals surface area contributed by atoms with Crippen molar-refractivity contribution >= 4 is 18.4 Å². The molecule has 0 aliphatic carbocycles. The zero-order valence-electron chi connectivity index (χ0n) is 15.5. The number of carbonyl (C=O) groups is 3. The maximum atomic E-state index is 12.5. The summed E-state index contributed by atoms with van der Waals surface area (Å²) in [4.78, 5) is 70.4. The van der Waals surface area contributed by atoms with E-state index < -0.39 is 60.2 Å². The van der Waals surface area contributed by atoms with Crippen LogP contribution in [0.1, 0.15) is 20.1 Å². The molecular weight excluding hydrogens is 382 g/mol. The summed E-state index contributed by atoms with van der Waals surface area (Å²) in [6.07, 6.45) is -5.37. The van der Waals surface area contributed by atoms with E-state index in [1.807, 2.05) is 0 Å². The largest absolute Gasteiger partial charge is 0.463 e. The Labute approximate surface area is 157 Å². The lowest BCUT2D eigenvalue weighted by Crippen LogP contribution is -2.55. The van der Waals surface area contributed by atoms with Crippen LogP contribution in [0.4, 0.5) is 0 Å². The van der Waals surface area contributed by atoms with E-state index >= 15 is 0 Å². The predicted molar refractivity (Wildman–Crippen MR) is 88.2 cm³/mol. The number of nitrogens with zero attached hydrogens (tertiary/aromatic N) is 3. The van der Waals surface area contributed by atoms with Gasteiger partial charge in [0.1, 0.15) is 12.7 Å². The van der Waals surface area contributed by atoms with Crippen molar-refractivity contribution in [1.82, 2.24) is 13.7 Å². The first-order valence-corrected chi connectivity index (χ1v) is 8.03. The van der Waals surface area contributed by atoms with Crippen LogP contribution in [0.5, 0.6) is 0 Å². The molecule has 0 aromatic carbocycles. The van der Waals surface area contributed by atoms with Crippen LogP contribution < -0.4 is 17.1 Å². The molecule has 4 atom stereocenters. The van der Waals surface area contributed by atoms with Crippen molar-refractivity contribution in [1.29, 1.82) is 0 Å². The third kappa shape index (κ3) is 3.88. The summed E-state index contributed by atoms with van der Waals surface area (Å²) in [5.41, 5.74) is -2.94. The Morgan fingerprint density at radius 3 is 2.04 bits per heavy atom. The SMILES string of the molecule is CC(=O)OC[C@H]1O[C@@H](n2c(=O)n(C)c(=O)n(C)c2=O)[C@H](OC(C)=O)[C@@H]1OC=O. The van der Waals surface area contributed by atoms with E-state index in [2.05, 4.69) is 0 Å². The molecule has 0 spiro atoms. The van der Waals surface area contributed by atoms with E-state index in [9.17, 15) is 28.8 Å². The van der Waals surface area contributed by atoms with Gasteiger partial charge in [-0.1, -0.05) is 0 Å². The lowest BCUT2D eigenvalue weighted by Gasteiger charge is -2.23. The standard InChI is InChI=1S/C15H19N3O10/c1-7(20)25-5-9-10(26-6-19)11(27-8(2)21)12(28-9)18-14(23)16(3)13(22)17(4)15(18)24/h6,9-12H,5H2,1-4H3/t9-,10-,11-,12-/m1/s1. The van der Waals surface area contributed by atoms with Crippen LogP contribution in [-0.4, -0.2) is 57.0 Å². The molecule has 1 fully saturated rings. The van der Waals surface area contributed by atoms with Crippen molar-refractivity contribution in [3.05, 3.63) is 31.5 Å². The molecule has 154 valence electrons. The van der Waals surface area contributed by atoms with Gasteiger partial charge in [0.05, 0.1) is 0 Å². The second kappa shape index (κ2) is 8.21. The molecule has 1 aromatic rings. The van der Waals surface area contributed by atoms with Gasteiger partial charge in [-0.15, -0.1) is 0 Å². The summed E-state index contributed by atoms with van der Waals surface area (Å²) >= 11 is 0. The second-order valence-corrected chi connectivity index (χ2v) is 5.97. The molecule has 1 aliphatic heterocycles. The molecule has 0 radical (unpaired) electrons. The summed E-state index contributed by atoms with van der Waals surface area (Å²) in [6.45, 7) is 1.87. The molecule has 0 saturated carbocycles. The zero-order chi connectivity index (χ0) is 21.2. The zero-order valence-corrected chi connectivity index (χ0v) is 15.5. The fourth-order valence-electron chi connectivity index (χ4n) is 2.81.